The third-order valence-corrected chi connectivity index (χ3v) is 1.63. The molecule has 0 spiro atoms. The van der Waals surface area contributed by atoms with Crippen LogP contribution in [0.1, 0.15) is 5.69 Å². The van der Waals surface area contributed by atoms with E-state index in [0.717, 1.165) is 12.3 Å². The van der Waals surface area contributed by atoms with E-state index < -0.39 is 17.8 Å². The van der Waals surface area contributed by atoms with Crippen LogP contribution in [0.5, 0.6) is 0 Å². The van der Waals surface area contributed by atoms with Crippen molar-refractivity contribution < 1.29 is 22.0 Å². The van der Waals surface area contributed by atoms with Crippen molar-refractivity contribution in [1.29, 1.82) is 0 Å². The molecule has 0 aliphatic heterocycles. The molecule has 0 aliphatic carbocycles. The number of hydrogen-bond donors (Lipinski definition) is 0. The molecule has 0 saturated heterocycles. The first-order valence-electron chi connectivity index (χ1n) is 3.32. The molecule has 0 bridgehead atoms. The van der Waals surface area contributed by atoms with Gasteiger partial charge in [0.2, 0.25) is 0 Å². The van der Waals surface area contributed by atoms with E-state index in [1.54, 1.807) is 0 Å². The molecule has 0 amide bonds. The van der Waals surface area contributed by atoms with Crippen LogP contribution < -0.4 is 0 Å². The lowest BCUT2D eigenvalue weighted by Gasteiger charge is -2.18. The summed E-state index contributed by atoms with van der Waals surface area (Å²) in [6.45, 7) is 0. The molecule has 0 fully saturated rings. The Bertz CT molecular complexity index is 318. The molecule has 1 aromatic heterocycles. The van der Waals surface area contributed by atoms with Crippen LogP contribution in [0.3, 0.4) is 0 Å². The Morgan fingerprint density at radius 1 is 1.07 bits per heavy atom. The number of rotatable bonds is 1. The minimum atomic E-state index is -5.65. The molecule has 1 aromatic rings. The lowest BCUT2D eigenvalue weighted by molar-refractivity contribution is -0.290. The van der Waals surface area contributed by atoms with E-state index in [1.807, 2.05) is 0 Å². The van der Waals surface area contributed by atoms with E-state index in [0.29, 0.717) is 6.07 Å². The number of nitrogens with zero attached hydrogens (tertiary/aromatic N) is 1. The first-order chi connectivity index (χ1) is 6.25. The Labute approximate surface area is 80.5 Å². The standard InChI is InChI=1S/C7H3ClF5N/c8-4-1-2-5(14-3-4)6(9,10)7(11,12)13/h1-3H. The third kappa shape index (κ3) is 1.95. The highest BCUT2D eigenvalue weighted by atomic mass is 35.5. The van der Waals surface area contributed by atoms with Gasteiger partial charge in [-0.15, -0.1) is 0 Å². The van der Waals surface area contributed by atoms with E-state index in [4.69, 9.17) is 11.6 Å². The fourth-order valence-corrected chi connectivity index (χ4v) is 0.819. The number of halogens is 6. The largest absolute Gasteiger partial charge is 0.459 e. The summed E-state index contributed by atoms with van der Waals surface area (Å²) in [6.07, 6.45) is -4.91. The SMILES string of the molecule is FC(F)(F)C(F)(F)c1ccc(Cl)cn1. The predicted octanol–water partition coefficient (Wildman–Crippen LogP) is 3.39. The highest BCUT2D eigenvalue weighted by molar-refractivity contribution is 6.30. The second-order valence-electron chi connectivity index (χ2n) is 2.43. The third-order valence-electron chi connectivity index (χ3n) is 1.41. The van der Waals surface area contributed by atoms with Crippen molar-refractivity contribution in [2.75, 3.05) is 0 Å². The molecule has 1 nitrogen and oxygen atoms in total. The van der Waals surface area contributed by atoms with Crippen molar-refractivity contribution in [3.8, 4) is 0 Å². The number of alkyl halides is 5. The zero-order valence-electron chi connectivity index (χ0n) is 6.45. The molecule has 78 valence electrons. The maximum absolute atomic E-state index is 12.6. The molecule has 1 rings (SSSR count). The zero-order chi connectivity index (χ0) is 11.0. The lowest BCUT2D eigenvalue weighted by atomic mass is 10.2. The van der Waals surface area contributed by atoms with Gasteiger partial charge in [0.15, 0.2) is 0 Å². The molecule has 0 atom stereocenters. The molecule has 7 heteroatoms. The van der Waals surface area contributed by atoms with Gasteiger partial charge in [-0.3, -0.25) is 4.98 Å². The first kappa shape index (κ1) is 11.2. The Kier molecular flexibility index (Phi) is 2.67. The van der Waals surface area contributed by atoms with Crippen molar-refractivity contribution in [1.82, 2.24) is 4.98 Å². The van der Waals surface area contributed by atoms with Crippen molar-refractivity contribution >= 4 is 11.6 Å². The quantitative estimate of drug-likeness (QED) is 0.675. The molecule has 0 radical (unpaired) electrons. The van der Waals surface area contributed by atoms with Crippen LogP contribution in [0, 0.1) is 0 Å². The number of hydrogen-bond acceptors (Lipinski definition) is 1. The molecule has 0 aromatic carbocycles. The van der Waals surface area contributed by atoms with Crippen molar-refractivity contribution in [2.24, 2.45) is 0 Å². The predicted molar refractivity (Wildman–Crippen MR) is 39.2 cm³/mol. The van der Waals surface area contributed by atoms with E-state index in [9.17, 15) is 22.0 Å². The van der Waals surface area contributed by atoms with E-state index in [2.05, 4.69) is 4.98 Å². The van der Waals surface area contributed by atoms with Gasteiger partial charge in [-0.05, 0) is 12.1 Å². The molecule has 0 saturated carbocycles. The average Bonchev–Trinajstić information content (AvgIpc) is 2.03. The summed E-state index contributed by atoms with van der Waals surface area (Å²) in [5.74, 6) is -4.95. The van der Waals surface area contributed by atoms with Gasteiger partial charge in [0.05, 0.1) is 5.02 Å². The zero-order valence-corrected chi connectivity index (χ0v) is 7.20. The van der Waals surface area contributed by atoms with Crippen LogP contribution in [-0.2, 0) is 5.92 Å². The second kappa shape index (κ2) is 3.34. The molecule has 14 heavy (non-hydrogen) atoms. The maximum Gasteiger partial charge on any atom is 0.459 e. The van der Waals surface area contributed by atoms with Gasteiger partial charge >= 0.3 is 12.1 Å². The van der Waals surface area contributed by atoms with Gasteiger partial charge in [0, 0.05) is 6.20 Å². The lowest BCUT2D eigenvalue weighted by Crippen LogP contribution is -2.34. The fourth-order valence-electron chi connectivity index (χ4n) is 0.707. The van der Waals surface area contributed by atoms with E-state index >= 15 is 0 Å². The van der Waals surface area contributed by atoms with Gasteiger partial charge in [-0.2, -0.15) is 22.0 Å². The van der Waals surface area contributed by atoms with Crippen LogP contribution in [0.4, 0.5) is 22.0 Å². The smallest absolute Gasteiger partial charge is 0.253 e. The highest BCUT2D eigenvalue weighted by Crippen LogP contribution is 2.42. The minimum absolute atomic E-state index is 0.00766. The Hall–Kier alpha value is -0.910. The summed E-state index contributed by atoms with van der Waals surface area (Å²) in [7, 11) is 0. The molecular weight excluding hydrogens is 229 g/mol. The monoisotopic (exact) mass is 231 g/mol. The van der Waals surface area contributed by atoms with Gasteiger partial charge in [-0.1, -0.05) is 11.6 Å². The Morgan fingerprint density at radius 2 is 1.64 bits per heavy atom. The van der Waals surface area contributed by atoms with Crippen LogP contribution in [0.2, 0.25) is 5.02 Å². The van der Waals surface area contributed by atoms with Crippen LogP contribution >= 0.6 is 11.6 Å². The van der Waals surface area contributed by atoms with E-state index in [1.165, 1.54) is 0 Å². The van der Waals surface area contributed by atoms with Gasteiger partial charge in [-0.25, -0.2) is 0 Å². The number of pyridine rings is 1. The molecule has 0 aliphatic rings. The summed E-state index contributed by atoms with van der Waals surface area (Å²) < 4.78 is 60.5. The summed E-state index contributed by atoms with van der Waals surface area (Å²) >= 11 is 5.29. The van der Waals surface area contributed by atoms with Crippen LogP contribution in [0.15, 0.2) is 18.3 Å². The first-order valence-corrected chi connectivity index (χ1v) is 3.69. The second-order valence-corrected chi connectivity index (χ2v) is 2.87. The molecule has 0 N–H and O–H groups in total. The van der Waals surface area contributed by atoms with Gasteiger partial charge < -0.3 is 0 Å². The van der Waals surface area contributed by atoms with Crippen LogP contribution in [0.25, 0.3) is 0 Å². The van der Waals surface area contributed by atoms with Crippen LogP contribution in [-0.4, -0.2) is 11.2 Å². The van der Waals surface area contributed by atoms with Crippen molar-refractivity contribution in [2.45, 2.75) is 12.1 Å². The Balaban J connectivity index is 3.10. The molecule has 0 unspecified atom stereocenters. The van der Waals surface area contributed by atoms with Gasteiger partial charge in [0.25, 0.3) is 0 Å². The van der Waals surface area contributed by atoms with Crippen molar-refractivity contribution in [3.05, 3.63) is 29.0 Å². The summed E-state index contributed by atoms with van der Waals surface area (Å²) in [5, 5.41) is -0.00766. The molecular formula is C7H3ClF5N. The van der Waals surface area contributed by atoms with Crippen molar-refractivity contribution in [3.63, 3.8) is 0 Å². The normalized spacial score (nSPS) is 13.0. The summed E-state index contributed by atoms with van der Waals surface area (Å²) in [4.78, 5) is 2.91. The summed E-state index contributed by atoms with van der Waals surface area (Å²) in [5.41, 5.74) is -1.37. The Morgan fingerprint density at radius 3 is 2.00 bits per heavy atom. The minimum Gasteiger partial charge on any atom is -0.253 e. The highest BCUT2D eigenvalue weighted by Gasteiger charge is 2.59. The molecule has 1 heterocycles. The average molecular weight is 232 g/mol. The topological polar surface area (TPSA) is 12.9 Å². The summed E-state index contributed by atoms with van der Waals surface area (Å²) in [6, 6.07) is 1.46. The maximum atomic E-state index is 12.6. The van der Waals surface area contributed by atoms with Gasteiger partial charge in [0.1, 0.15) is 5.69 Å². The fraction of sp³-hybridized carbons (Fsp3) is 0.286. The van der Waals surface area contributed by atoms with E-state index in [-0.39, 0.29) is 5.02 Å². The number of aromatic nitrogens is 1.